The predicted octanol–water partition coefficient (Wildman–Crippen LogP) is 5.94. The molecule has 0 atom stereocenters. The number of nitrogens with one attached hydrogen (secondary N) is 2. The van der Waals surface area contributed by atoms with Crippen LogP contribution in [0.1, 0.15) is 21.5 Å². The predicted molar refractivity (Wildman–Crippen MR) is 184 cm³/mol. The van der Waals surface area contributed by atoms with Gasteiger partial charge in [-0.05, 0) is 53.6 Å². The van der Waals surface area contributed by atoms with Crippen molar-refractivity contribution in [3.05, 3.63) is 95.6 Å². The van der Waals surface area contributed by atoms with E-state index in [1.54, 1.807) is 54.6 Å². The maximum absolute atomic E-state index is 12.8. The third-order valence-electron chi connectivity index (χ3n) is 6.63. The molecule has 0 aliphatic carbocycles. The molecule has 0 bridgehead atoms. The highest BCUT2D eigenvalue weighted by atomic mass is 16.5. The van der Waals surface area contributed by atoms with Gasteiger partial charge < -0.3 is 43.8 Å². The molecule has 3 aromatic rings. The van der Waals surface area contributed by atoms with Crippen molar-refractivity contribution >= 4 is 41.3 Å². The Morgan fingerprint density at radius 2 is 0.938 bits per heavy atom. The maximum atomic E-state index is 12.8. The van der Waals surface area contributed by atoms with Gasteiger partial charge in [0.2, 0.25) is 23.3 Å². The van der Waals surface area contributed by atoms with E-state index in [2.05, 4.69) is 10.6 Å². The van der Waals surface area contributed by atoms with Crippen molar-refractivity contribution in [2.24, 2.45) is 0 Å². The first-order valence-corrected chi connectivity index (χ1v) is 14.4. The molecule has 12 nitrogen and oxygen atoms in total. The first kappa shape index (κ1) is 36.3. The van der Waals surface area contributed by atoms with Gasteiger partial charge in [-0.1, -0.05) is 36.5 Å². The number of benzene rings is 3. The number of carbonyl (C=O) groups excluding carboxylic acids is 3. The summed E-state index contributed by atoms with van der Waals surface area (Å²) in [5.74, 6) is 1.30. The standard InChI is InChI=1S/C36H38N2O10/c1-42-28-18-23(19-29(43-2)34(28)46-5)12-8-10-14-32(39)37-26-17-16-25(36(41)48-7)22-27(26)38-33(40)15-11-9-13-24-20-30(44-3)35(47-6)31(21-24)45-4/h8-22H,1-7H3,(H,37,39)(H,38,40). The van der Waals surface area contributed by atoms with Gasteiger partial charge in [0.05, 0.1) is 66.7 Å². The van der Waals surface area contributed by atoms with E-state index in [-0.39, 0.29) is 16.9 Å². The number of hydrogen-bond donors (Lipinski definition) is 2. The Morgan fingerprint density at radius 1 is 0.521 bits per heavy atom. The van der Waals surface area contributed by atoms with Crippen molar-refractivity contribution in [2.75, 3.05) is 60.4 Å². The average Bonchev–Trinajstić information content (AvgIpc) is 3.11. The topological polar surface area (TPSA) is 140 Å². The lowest BCUT2D eigenvalue weighted by molar-refractivity contribution is -0.112. The van der Waals surface area contributed by atoms with Crippen LogP contribution in [0, 0.1) is 0 Å². The number of rotatable bonds is 15. The number of hydrogen-bond acceptors (Lipinski definition) is 10. The van der Waals surface area contributed by atoms with Crippen LogP contribution in [0.4, 0.5) is 11.4 Å². The van der Waals surface area contributed by atoms with E-state index in [4.69, 9.17) is 33.2 Å². The van der Waals surface area contributed by atoms with Gasteiger partial charge in [0.1, 0.15) is 0 Å². The summed E-state index contributed by atoms with van der Waals surface area (Å²) in [6.07, 6.45) is 12.5. The molecular weight excluding hydrogens is 620 g/mol. The molecule has 0 saturated heterocycles. The van der Waals surface area contributed by atoms with E-state index < -0.39 is 17.8 Å². The van der Waals surface area contributed by atoms with Gasteiger partial charge in [0.25, 0.3) is 0 Å². The zero-order valence-electron chi connectivity index (χ0n) is 27.7. The molecule has 252 valence electrons. The summed E-state index contributed by atoms with van der Waals surface area (Å²) in [5.41, 5.74) is 2.14. The number of carbonyl (C=O) groups is 3. The van der Waals surface area contributed by atoms with Gasteiger partial charge in [-0.3, -0.25) is 9.59 Å². The van der Waals surface area contributed by atoms with E-state index >= 15 is 0 Å². The fraction of sp³-hybridized carbons (Fsp3) is 0.194. The maximum Gasteiger partial charge on any atom is 0.337 e. The van der Waals surface area contributed by atoms with Crippen LogP contribution in [0.3, 0.4) is 0 Å². The molecule has 0 unspecified atom stereocenters. The molecule has 0 saturated carbocycles. The summed E-state index contributed by atoms with van der Waals surface area (Å²) in [5, 5.41) is 5.41. The zero-order chi connectivity index (χ0) is 35.1. The van der Waals surface area contributed by atoms with Crippen LogP contribution < -0.4 is 39.1 Å². The summed E-state index contributed by atoms with van der Waals surface area (Å²) in [4.78, 5) is 37.7. The molecule has 0 aliphatic rings. The lowest BCUT2D eigenvalue weighted by atomic mass is 10.1. The summed E-state index contributed by atoms with van der Waals surface area (Å²) in [6, 6.07) is 11.4. The van der Waals surface area contributed by atoms with E-state index in [1.165, 1.54) is 86.2 Å². The largest absolute Gasteiger partial charge is 0.493 e. The molecule has 48 heavy (non-hydrogen) atoms. The Labute approximate surface area is 279 Å². The highest BCUT2D eigenvalue weighted by molar-refractivity contribution is 6.07. The SMILES string of the molecule is COC(=O)c1ccc(NC(=O)C=CC=Cc2cc(OC)c(OC)c(OC)c2)c(NC(=O)C=CC=Cc2cc(OC)c(OC)c(OC)c2)c1. The van der Waals surface area contributed by atoms with Gasteiger partial charge in [0, 0.05) is 12.2 Å². The Kier molecular flexibility index (Phi) is 13.7. The lowest BCUT2D eigenvalue weighted by Crippen LogP contribution is -2.14. The Bertz CT molecular complexity index is 1690. The van der Waals surface area contributed by atoms with E-state index in [0.29, 0.717) is 34.5 Å². The fourth-order valence-electron chi connectivity index (χ4n) is 4.36. The molecule has 0 aliphatic heterocycles. The Balaban J connectivity index is 1.74. The van der Waals surface area contributed by atoms with Gasteiger partial charge in [-0.25, -0.2) is 4.79 Å². The van der Waals surface area contributed by atoms with Crippen LogP contribution >= 0.6 is 0 Å². The second-order valence-electron chi connectivity index (χ2n) is 9.58. The minimum atomic E-state index is -0.607. The third kappa shape index (κ3) is 9.66. The molecule has 12 heteroatoms. The summed E-state index contributed by atoms with van der Waals surface area (Å²) in [7, 11) is 10.4. The zero-order valence-corrected chi connectivity index (χ0v) is 27.7. The van der Waals surface area contributed by atoms with E-state index in [0.717, 1.165) is 11.1 Å². The monoisotopic (exact) mass is 658 g/mol. The molecular formula is C36H38N2O10. The van der Waals surface area contributed by atoms with Gasteiger partial charge >= 0.3 is 5.97 Å². The average molecular weight is 659 g/mol. The lowest BCUT2D eigenvalue weighted by Gasteiger charge is -2.12. The molecule has 0 fully saturated rings. The molecule has 0 aromatic heterocycles. The number of anilines is 2. The van der Waals surface area contributed by atoms with Crippen LogP contribution in [-0.4, -0.2) is 67.6 Å². The number of esters is 1. The van der Waals surface area contributed by atoms with Crippen molar-refractivity contribution in [1.82, 2.24) is 0 Å². The van der Waals surface area contributed by atoms with E-state index in [1.807, 2.05) is 0 Å². The molecule has 2 N–H and O–H groups in total. The second kappa shape index (κ2) is 18.1. The Morgan fingerprint density at radius 3 is 1.31 bits per heavy atom. The minimum Gasteiger partial charge on any atom is -0.493 e. The highest BCUT2D eigenvalue weighted by Crippen LogP contribution is 2.39. The molecule has 0 radical (unpaired) electrons. The summed E-state index contributed by atoms with van der Waals surface area (Å²) >= 11 is 0. The van der Waals surface area contributed by atoms with Crippen LogP contribution in [0.5, 0.6) is 34.5 Å². The van der Waals surface area contributed by atoms with Gasteiger partial charge in [-0.2, -0.15) is 0 Å². The van der Waals surface area contributed by atoms with Crippen molar-refractivity contribution < 1.29 is 47.5 Å². The van der Waals surface area contributed by atoms with Crippen LogP contribution in [0.15, 0.2) is 78.9 Å². The molecule has 0 spiro atoms. The number of ether oxygens (including phenoxy) is 7. The minimum absolute atomic E-state index is 0.181. The summed E-state index contributed by atoms with van der Waals surface area (Å²) in [6.45, 7) is 0. The van der Waals surface area contributed by atoms with E-state index in [9.17, 15) is 14.4 Å². The molecule has 2 amide bonds. The van der Waals surface area contributed by atoms with Crippen LogP contribution in [-0.2, 0) is 14.3 Å². The first-order chi connectivity index (χ1) is 23.2. The molecule has 0 heterocycles. The quantitative estimate of drug-likeness (QED) is 0.115. The summed E-state index contributed by atoms with van der Waals surface area (Å²) < 4.78 is 37.0. The smallest absolute Gasteiger partial charge is 0.337 e. The van der Waals surface area contributed by atoms with Crippen molar-refractivity contribution in [3.63, 3.8) is 0 Å². The normalized spacial score (nSPS) is 11.1. The van der Waals surface area contributed by atoms with Gasteiger partial charge in [0.15, 0.2) is 23.0 Å². The van der Waals surface area contributed by atoms with Crippen molar-refractivity contribution in [3.8, 4) is 34.5 Å². The van der Waals surface area contributed by atoms with Crippen LogP contribution in [0.2, 0.25) is 0 Å². The van der Waals surface area contributed by atoms with Crippen molar-refractivity contribution in [2.45, 2.75) is 0 Å². The first-order valence-electron chi connectivity index (χ1n) is 14.4. The van der Waals surface area contributed by atoms with Gasteiger partial charge in [-0.15, -0.1) is 0 Å². The fourth-order valence-corrected chi connectivity index (χ4v) is 4.36. The van der Waals surface area contributed by atoms with Crippen molar-refractivity contribution in [1.29, 1.82) is 0 Å². The molecule has 3 aromatic carbocycles. The van der Waals surface area contributed by atoms with Crippen LogP contribution in [0.25, 0.3) is 12.2 Å². The number of allylic oxidation sites excluding steroid dienone is 4. The number of methoxy groups -OCH3 is 7. The third-order valence-corrected chi connectivity index (χ3v) is 6.63. The highest BCUT2D eigenvalue weighted by Gasteiger charge is 2.14. The Hall–Kier alpha value is -6.17. The number of amides is 2. The second-order valence-corrected chi connectivity index (χ2v) is 9.58. The molecule has 3 rings (SSSR count).